The van der Waals surface area contributed by atoms with E-state index in [9.17, 15) is 0 Å². The van der Waals surface area contributed by atoms with Crippen molar-refractivity contribution >= 4 is 27.3 Å². The molecule has 0 fully saturated rings. The molecule has 2 heterocycles. The molecule has 3 nitrogen and oxygen atoms in total. The van der Waals surface area contributed by atoms with Crippen molar-refractivity contribution in [2.45, 2.75) is 32.2 Å². The van der Waals surface area contributed by atoms with Crippen LogP contribution in [0.2, 0.25) is 0 Å². The Morgan fingerprint density at radius 2 is 2.37 bits per heavy atom. The summed E-state index contributed by atoms with van der Waals surface area (Å²) in [7, 11) is 1.96. The highest BCUT2D eigenvalue weighted by atomic mass is 79.9. The summed E-state index contributed by atoms with van der Waals surface area (Å²) in [6, 6.07) is 2.56. The minimum atomic E-state index is 0.425. The zero-order chi connectivity index (χ0) is 13.7. The van der Waals surface area contributed by atoms with Gasteiger partial charge in [-0.2, -0.15) is 5.10 Å². The molecule has 5 heteroatoms. The van der Waals surface area contributed by atoms with Gasteiger partial charge in [-0.05, 0) is 58.7 Å². The minimum absolute atomic E-state index is 0.425. The molecule has 1 unspecified atom stereocenters. The number of nitrogens with zero attached hydrogens (tertiary/aromatic N) is 2. The third-order valence-electron chi connectivity index (χ3n) is 3.08. The maximum Gasteiger partial charge on any atom is 0.0521 e. The van der Waals surface area contributed by atoms with Crippen LogP contribution in [0.25, 0.3) is 0 Å². The highest BCUT2D eigenvalue weighted by Gasteiger charge is 2.15. The van der Waals surface area contributed by atoms with E-state index in [1.54, 1.807) is 0 Å². The van der Waals surface area contributed by atoms with E-state index in [1.807, 2.05) is 29.3 Å². The van der Waals surface area contributed by atoms with Crippen LogP contribution < -0.4 is 5.32 Å². The molecule has 0 amide bonds. The van der Waals surface area contributed by atoms with Crippen LogP contribution in [0.3, 0.4) is 0 Å². The van der Waals surface area contributed by atoms with E-state index in [2.05, 4.69) is 50.9 Å². The quantitative estimate of drug-likeness (QED) is 0.827. The highest BCUT2D eigenvalue weighted by molar-refractivity contribution is 9.10. The van der Waals surface area contributed by atoms with Gasteiger partial charge in [-0.25, -0.2) is 0 Å². The van der Waals surface area contributed by atoms with Gasteiger partial charge in [0.15, 0.2) is 0 Å². The smallest absolute Gasteiger partial charge is 0.0521 e. The third kappa shape index (κ3) is 4.16. The molecule has 0 aromatic carbocycles. The van der Waals surface area contributed by atoms with E-state index in [-0.39, 0.29) is 0 Å². The first-order valence-electron chi connectivity index (χ1n) is 6.64. The lowest BCUT2D eigenvalue weighted by atomic mass is 10.1. The van der Waals surface area contributed by atoms with Gasteiger partial charge in [-0.3, -0.25) is 4.68 Å². The third-order valence-corrected chi connectivity index (χ3v) is 5.07. The Morgan fingerprint density at radius 1 is 1.53 bits per heavy atom. The molecule has 1 N–H and O–H groups in total. The number of halogens is 1. The molecule has 104 valence electrons. The van der Waals surface area contributed by atoms with Gasteiger partial charge < -0.3 is 5.32 Å². The van der Waals surface area contributed by atoms with Gasteiger partial charge in [-0.1, -0.05) is 6.92 Å². The maximum atomic E-state index is 4.23. The van der Waals surface area contributed by atoms with Crippen LogP contribution in [-0.4, -0.2) is 16.3 Å². The lowest BCUT2D eigenvalue weighted by Gasteiger charge is -2.17. The van der Waals surface area contributed by atoms with Gasteiger partial charge in [0.25, 0.3) is 0 Å². The molecule has 19 heavy (non-hydrogen) atoms. The van der Waals surface area contributed by atoms with Crippen molar-refractivity contribution in [2.24, 2.45) is 7.05 Å². The maximum absolute atomic E-state index is 4.23. The molecule has 0 saturated carbocycles. The molecule has 0 aliphatic heterocycles. The van der Waals surface area contributed by atoms with E-state index in [1.165, 1.54) is 14.9 Å². The van der Waals surface area contributed by atoms with E-state index in [4.69, 9.17) is 0 Å². The Balaban J connectivity index is 2.00. The molecule has 0 aliphatic rings. The van der Waals surface area contributed by atoms with Gasteiger partial charge in [0, 0.05) is 28.6 Å². The summed E-state index contributed by atoms with van der Waals surface area (Å²) in [5.74, 6) is 0. The van der Waals surface area contributed by atoms with Crippen LogP contribution in [-0.2, 0) is 13.5 Å². The van der Waals surface area contributed by atoms with Gasteiger partial charge in [0.1, 0.15) is 0 Å². The summed E-state index contributed by atoms with van der Waals surface area (Å²) >= 11 is 5.46. The van der Waals surface area contributed by atoms with Gasteiger partial charge >= 0.3 is 0 Å². The first-order chi connectivity index (χ1) is 9.20. The Kier molecular flexibility index (Phi) is 5.60. The number of aryl methyl sites for hydroxylation is 2. The van der Waals surface area contributed by atoms with Crippen LogP contribution in [0, 0.1) is 0 Å². The van der Waals surface area contributed by atoms with E-state index in [0.29, 0.717) is 6.04 Å². The topological polar surface area (TPSA) is 29.9 Å². The SMILES string of the molecule is CCCNC(CCc1cnn(C)c1)c1sccc1Br. The molecule has 0 aliphatic carbocycles. The second-order valence-corrected chi connectivity index (χ2v) is 6.50. The number of aromatic nitrogens is 2. The molecule has 2 rings (SSSR count). The van der Waals surface area contributed by atoms with Crippen LogP contribution >= 0.6 is 27.3 Å². The zero-order valence-corrected chi connectivity index (χ0v) is 13.8. The number of thiophene rings is 1. The standard InChI is InChI=1S/C14H20BrN3S/c1-3-7-16-13(14-12(15)6-8-19-14)5-4-11-9-17-18(2)10-11/h6,8-10,13,16H,3-5,7H2,1-2H3. The van der Waals surface area contributed by atoms with Crippen LogP contribution in [0.4, 0.5) is 0 Å². The molecule has 2 aromatic rings. The average Bonchev–Trinajstić information content (AvgIpc) is 2.99. The first-order valence-corrected chi connectivity index (χ1v) is 8.31. The summed E-state index contributed by atoms with van der Waals surface area (Å²) in [5.41, 5.74) is 1.30. The van der Waals surface area contributed by atoms with E-state index < -0.39 is 0 Å². The Hall–Kier alpha value is -0.650. The lowest BCUT2D eigenvalue weighted by Crippen LogP contribution is -2.22. The monoisotopic (exact) mass is 341 g/mol. The van der Waals surface area contributed by atoms with Gasteiger partial charge in [0.2, 0.25) is 0 Å². The highest BCUT2D eigenvalue weighted by Crippen LogP contribution is 2.31. The number of nitrogens with one attached hydrogen (secondary N) is 1. The molecule has 0 radical (unpaired) electrons. The molecule has 0 bridgehead atoms. The second kappa shape index (κ2) is 7.22. The van der Waals surface area contributed by atoms with Crippen molar-refractivity contribution in [3.05, 3.63) is 38.8 Å². The minimum Gasteiger partial charge on any atom is -0.309 e. The molecule has 1 atom stereocenters. The Bertz CT molecular complexity index is 506. The molecule has 0 saturated heterocycles. The Labute approximate surface area is 127 Å². The van der Waals surface area contributed by atoms with Crippen molar-refractivity contribution in [2.75, 3.05) is 6.54 Å². The van der Waals surface area contributed by atoms with Crippen molar-refractivity contribution < 1.29 is 0 Å². The van der Waals surface area contributed by atoms with Crippen LogP contribution in [0.5, 0.6) is 0 Å². The predicted molar refractivity (Wildman–Crippen MR) is 84.6 cm³/mol. The Morgan fingerprint density at radius 3 is 2.95 bits per heavy atom. The van der Waals surface area contributed by atoms with Gasteiger partial charge in [-0.15, -0.1) is 11.3 Å². The first kappa shape index (κ1) is 14.8. The van der Waals surface area contributed by atoms with Gasteiger partial charge in [0.05, 0.1) is 6.20 Å². The molecular weight excluding hydrogens is 322 g/mol. The van der Waals surface area contributed by atoms with E-state index in [0.717, 1.165) is 25.8 Å². The number of hydrogen-bond acceptors (Lipinski definition) is 3. The summed E-state index contributed by atoms with van der Waals surface area (Å²) in [6.45, 7) is 3.26. The van der Waals surface area contributed by atoms with Crippen LogP contribution in [0.15, 0.2) is 28.3 Å². The molecular formula is C14H20BrN3S. The molecule has 0 spiro atoms. The molecule has 2 aromatic heterocycles. The van der Waals surface area contributed by atoms with Crippen molar-refractivity contribution in [1.82, 2.24) is 15.1 Å². The largest absolute Gasteiger partial charge is 0.309 e. The van der Waals surface area contributed by atoms with Crippen molar-refractivity contribution in [1.29, 1.82) is 0 Å². The van der Waals surface area contributed by atoms with E-state index >= 15 is 0 Å². The summed E-state index contributed by atoms with van der Waals surface area (Å²) in [4.78, 5) is 1.40. The van der Waals surface area contributed by atoms with Crippen LogP contribution in [0.1, 0.15) is 36.2 Å². The van der Waals surface area contributed by atoms with Crippen molar-refractivity contribution in [3.8, 4) is 0 Å². The number of rotatable bonds is 7. The fourth-order valence-electron chi connectivity index (χ4n) is 2.11. The number of hydrogen-bond donors (Lipinski definition) is 1. The summed E-state index contributed by atoms with van der Waals surface area (Å²) in [5, 5.41) is 10.0. The second-order valence-electron chi connectivity index (χ2n) is 4.70. The summed E-state index contributed by atoms with van der Waals surface area (Å²) < 4.78 is 3.09. The lowest BCUT2D eigenvalue weighted by molar-refractivity contribution is 0.505. The average molecular weight is 342 g/mol. The van der Waals surface area contributed by atoms with Crippen molar-refractivity contribution in [3.63, 3.8) is 0 Å². The normalized spacial score (nSPS) is 12.8. The fraction of sp³-hybridized carbons (Fsp3) is 0.500. The zero-order valence-electron chi connectivity index (χ0n) is 11.4. The summed E-state index contributed by atoms with van der Waals surface area (Å²) in [6.07, 6.45) is 7.37. The fourth-order valence-corrected chi connectivity index (χ4v) is 3.87. The predicted octanol–water partition coefficient (Wildman–Crippen LogP) is 3.92.